The van der Waals surface area contributed by atoms with Crippen molar-refractivity contribution in [2.45, 2.75) is 0 Å². The minimum absolute atomic E-state index is 0.306. The first-order valence-electron chi connectivity index (χ1n) is 4.38. The maximum absolute atomic E-state index is 8.44. The number of nitrogens with zero attached hydrogens (tertiary/aromatic N) is 2. The van der Waals surface area contributed by atoms with E-state index in [-0.39, 0.29) is 0 Å². The van der Waals surface area contributed by atoms with Crippen LogP contribution in [0.2, 0.25) is 5.02 Å². The van der Waals surface area contributed by atoms with E-state index in [1.165, 1.54) is 6.08 Å². The fraction of sp³-hybridized carbons (Fsp3) is 0.0909. The number of anilines is 1. The lowest BCUT2D eigenvalue weighted by molar-refractivity contribution is 1.45. The van der Waals surface area contributed by atoms with Gasteiger partial charge in [0.2, 0.25) is 0 Å². The van der Waals surface area contributed by atoms with E-state index in [0.29, 0.717) is 27.0 Å². The van der Waals surface area contributed by atoms with Gasteiger partial charge in [0.25, 0.3) is 0 Å². The van der Waals surface area contributed by atoms with Gasteiger partial charge in [-0.15, -0.1) is 0 Å². The molecule has 1 aromatic rings. The van der Waals surface area contributed by atoms with Crippen molar-refractivity contribution in [3.63, 3.8) is 0 Å². The van der Waals surface area contributed by atoms with Crippen molar-refractivity contribution in [2.75, 3.05) is 12.8 Å². The Bertz CT molecular complexity index is 499. The highest BCUT2D eigenvalue weighted by molar-refractivity contribution is 6.70. The highest BCUT2D eigenvalue weighted by Crippen LogP contribution is 2.25. The molecule has 0 fully saturated rings. The van der Waals surface area contributed by atoms with Crippen LogP contribution in [-0.4, -0.2) is 12.2 Å². The second kappa shape index (κ2) is 5.55. The third-order valence-corrected chi connectivity index (χ3v) is 2.62. The fourth-order valence-corrected chi connectivity index (χ4v) is 1.56. The maximum atomic E-state index is 8.44. The van der Waals surface area contributed by atoms with Gasteiger partial charge in [-0.3, -0.25) is 4.99 Å². The second-order valence-corrected chi connectivity index (χ2v) is 3.70. The van der Waals surface area contributed by atoms with Gasteiger partial charge in [0.1, 0.15) is 5.17 Å². The molecule has 0 aliphatic heterocycles. The van der Waals surface area contributed by atoms with Crippen LogP contribution in [0.25, 0.3) is 6.08 Å². The Morgan fingerprint density at radius 3 is 2.81 bits per heavy atom. The van der Waals surface area contributed by atoms with Crippen LogP contribution in [0.3, 0.4) is 0 Å². The SMILES string of the molecule is CN=C(Cl)c1cc(/C=C/C#N)c(Cl)cc1N. The first kappa shape index (κ1) is 12.6. The molecule has 1 aromatic carbocycles. The topological polar surface area (TPSA) is 62.2 Å². The summed E-state index contributed by atoms with van der Waals surface area (Å²) in [6.45, 7) is 0. The zero-order valence-electron chi connectivity index (χ0n) is 8.54. The molecule has 0 saturated heterocycles. The number of rotatable bonds is 2. The zero-order chi connectivity index (χ0) is 12.1. The summed E-state index contributed by atoms with van der Waals surface area (Å²) >= 11 is 11.9. The Labute approximate surface area is 104 Å². The van der Waals surface area contributed by atoms with Gasteiger partial charge in [-0.25, -0.2) is 0 Å². The average molecular weight is 254 g/mol. The normalized spacial score (nSPS) is 11.8. The van der Waals surface area contributed by atoms with E-state index in [4.69, 9.17) is 34.2 Å². The molecule has 0 aliphatic rings. The minimum atomic E-state index is 0.306. The van der Waals surface area contributed by atoms with Crippen molar-refractivity contribution in [3.05, 3.63) is 34.4 Å². The molecule has 0 aliphatic carbocycles. The van der Waals surface area contributed by atoms with Crippen LogP contribution >= 0.6 is 23.2 Å². The van der Waals surface area contributed by atoms with Gasteiger partial charge in [0.15, 0.2) is 0 Å². The number of nitriles is 1. The van der Waals surface area contributed by atoms with Gasteiger partial charge >= 0.3 is 0 Å². The molecule has 1 rings (SSSR count). The third kappa shape index (κ3) is 2.75. The molecule has 3 nitrogen and oxygen atoms in total. The Morgan fingerprint density at radius 2 is 2.25 bits per heavy atom. The summed E-state index contributed by atoms with van der Waals surface area (Å²) in [4.78, 5) is 3.84. The van der Waals surface area contributed by atoms with Crippen molar-refractivity contribution >= 4 is 40.1 Å². The highest BCUT2D eigenvalue weighted by Gasteiger charge is 2.08. The first-order valence-corrected chi connectivity index (χ1v) is 5.13. The Kier molecular flexibility index (Phi) is 4.36. The van der Waals surface area contributed by atoms with Gasteiger partial charge in [-0.1, -0.05) is 23.2 Å². The van der Waals surface area contributed by atoms with Crippen molar-refractivity contribution in [3.8, 4) is 6.07 Å². The maximum Gasteiger partial charge on any atom is 0.132 e. The van der Waals surface area contributed by atoms with E-state index in [1.807, 2.05) is 6.07 Å². The lowest BCUT2D eigenvalue weighted by Crippen LogP contribution is -1.99. The Morgan fingerprint density at radius 1 is 1.56 bits per heavy atom. The first-order chi connectivity index (χ1) is 7.60. The average Bonchev–Trinajstić information content (AvgIpc) is 2.27. The molecule has 0 radical (unpaired) electrons. The van der Waals surface area contributed by atoms with Crippen molar-refractivity contribution in [2.24, 2.45) is 4.99 Å². The molecule has 0 saturated carbocycles. The van der Waals surface area contributed by atoms with E-state index in [2.05, 4.69) is 4.99 Å². The molecular formula is C11H9Cl2N3. The summed E-state index contributed by atoms with van der Waals surface area (Å²) in [6, 6.07) is 5.17. The monoisotopic (exact) mass is 253 g/mol. The third-order valence-electron chi connectivity index (χ3n) is 1.92. The molecule has 0 aromatic heterocycles. The van der Waals surface area contributed by atoms with Crippen LogP contribution < -0.4 is 5.73 Å². The summed E-state index contributed by atoms with van der Waals surface area (Å²) in [5.41, 5.74) is 7.49. The van der Waals surface area contributed by atoms with Gasteiger partial charge < -0.3 is 5.73 Å². The Balaban J connectivity index is 3.33. The number of nitrogen functional groups attached to an aromatic ring is 1. The van der Waals surface area contributed by atoms with Gasteiger partial charge in [-0.2, -0.15) is 5.26 Å². The molecule has 2 N–H and O–H groups in total. The van der Waals surface area contributed by atoms with E-state index in [0.717, 1.165) is 0 Å². The Hall–Kier alpha value is -1.50. The summed E-state index contributed by atoms with van der Waals surface area (Å²) in [6.07, 6.45) is 2.92. The lowest BCUT2D eigenvalue weighted by Gasteiger charge is -2.06. The summed E-state index contributed by atoms with van der Waals surface area (Å²) in [5, 5.41) is 9.22. The molecule has 0 spiro atoms. The summed E-state index contributed by atoms with van der Waals surface area (Å²) in [5.74, 6) is 0. The van der Waals surface area contributed by atoms with Crippen LogP contribution in [0.5, 0.6) is 0 Å². The number of halogens is 2. The zero-order valence-corrected chi connectivity index (χ0v) is 10.0. The molecule has 82 valence electrons. The van der Waals surface area contributed by atoms with Crippen LogP contribution in [0.1, 0.15) is 11.1 Å². The predicted molar refractivity (Wildman–Crippen MR) is 68.8 cm³/mol. The molecule has 0 unspecified atom stereocenters. The van der Waals surface area contributed by atoms with E-state index < -0.39 is 0 Å². The van der Waals surface area contributed by atoms with Crippen LogP contribution in [0, 0.1) is 11.3 Å². The van der Waals surface area contributed by atoms with Crippen LogP contribution in [0.4, 0.5) is 5.69 Å². The number of nitrogens with two attached hydrogens (primary N) is 1. The van der Waals surface area contributed by atoms with E-state index in [9.17, 15) is 0 Å². The van der Waals surface area contributed by atoms with Crippen LogP contribution in [-0.2, 0) is 0 Å². The molecule has 0 atom stereocenters. The molecule has 5 heteroatoms. The van der Waals surface area contributed by atoms with Gasteiger partial charge in [0, 0.05) is 29.4 Å². The van der Waals surface area contributed by atoms with Gasteiger partial charge in [0.05, 0.1) is 6.07 Å². The summed E-state index contributed by atoms with van der Waals surface area (Å²) < 4.78 is 0. The smallest absolute Gasteiger partial charge is 0.132 e. The lowest BCUT2D eigenvalue weighted by atomic mass is 10.1. The van der Waals surface area contributed by atoms with Crippen molar-refractivity contribution in [1.82, 2.24) is 0 Å². The van der Waals surface area contributed by atoms with E-state index in [1.54, 1.807) is 25.3 Å². The number of aliphatic imine (C=N–C) groups is 1. The van der Waals surface area contributed by atoms with Crippen molar-refractivity contribution < 1.29 is 0 Å². The molecular weight excluding hydrogens is 245 g/mol. The standard InChI is InChI=1S/C11H9Cl2N3/c1-16-11(13)8-5-7(3-2-4-14)9(12)6-10(8)15/h2-3,5-6H,15H2,1H3/b3-2+,16-11?. The molecule has 16 heavy (non-hydrogen) atoms. The quantitative estimate of drug-likeness (QED) is 0.500. The fourth-order valence-electron chi connectivity index (χ4n) is 1.16. The van der Waals surface area contributed by atoms with Crippen LogP contribution in [0.15, 0.2) is 23.2 Å². The number of hydrogen-bond acceptors (Lipinski definition) is 3. The van der Waals surface area contributed by atoms with E-state index >= 15 is 0 Å². The highest BCUT2D eigenvalue weighted by atomic mass is 35.5. The van der Waals surface area contributed by atoms with Crippen molar-refractivity contribution in [1.29, 1.82) is 5.26 Å². The number of benzene rings is 1. The largest absolute Gasteiger partial charge is 0.398 e. The molecule has 0 bridgehead atoms. The molecule has 0 amide bonds. The number of allylic oxidation sites excluding steroid dienone is 1. The minimum Gasteiger partial charge on any atom is -0.398 e. The van der Waals surface area contributed by atoms with Gasteiger partial charge in [-0.05, 0) is 23.8 Å². The summed E-state index contributed by atoms with van der Waals surface area (Å²) in [7, 11) is 1.57. The molecule has 0 heterocycles. The number of hydrogen-bond donors (Lipinski definition) is 1. The predicted octanol–water partition coefficient (Wildman–Crippen LogP) is 3.07. The second-order valence-electron chi connectivity index (χ2n) is 2.94.